The summed E-state index contributed by atoms with van der Waals surface area (Å²) in [7, 11) is 0. The van der Waals surface area contributed by atoms with Gasteiger partial charge < -0.3 is 15.4 Å². The Bertz CT molecular complexity index is 450. The number of carbonyl (C=O) groups excluding carboxylic acids is 1. The van der Waals surface area contributed by atoms with E-state index in [9.17, 15) is 4.79 Å². The number of benzene rings is 1. The number of nitrogens with one attached hydrogen (secondary N) is 2. The predicted octanol–water partition coefficient (Wildman–Crippen LogP) is 2.81. The Balaban J connectivity index is 1.80. The van der Waals surface area contributed by atoms with E-state index in [1.165, 1.54) is 0 Å². The minimum atomic E-state index is -0.178. The van der Waals surface area contributed by atoms with E-state index < -0.39 is 0 Å². The van der Waals surface area contributed by atoms with Gasteiger partial charge in [-0.25, -0.2) is 0 Å². The van der Waals surface area contributed by atoms with Crippen LogP contribution in [0.1, 0.15) is 12.8 Å². The van der Waals surface area contributed by atoms with Crippen molar-refractivity contribution in [2.75, 3.05) is 25.0 Å². The molecule has 0 spiro atoms. The van der Waals surface area contributed by atoms with E-state index >= 15 is 0 Å². The summed E-state index contributed by atoms with van der Waals surface area (Å²) in [5, 5.41) is 6.50. The molecule has 1 aliphatic heterocycles. The van der Waals surface area contributed by atoms with Gasteiger partial charge in [0, 0.05) is 4.47 Å². The lowest BCUT2D eigenvalue weighted by atomic mass is 10.1. The number of piperidine rings is 1. The van der Waals surface area contributed by atoms with Crippen molar-refractivity contribution >= 4 is 39.1 Å². The highest BCUT2D eigenvalue weighted by Gasteiger charge is 2.15. The van der Waals surface area contributed by atoms with Gasteiger partial charge in [-0.15, -0.1) is 0 Å². The molecular formula is C13H16BrClN2O2. The Morgan fingerprint density at radius 1 is 1.47 bits per heavy atom. The maximum Gasteiger partial charge on any atom is 0.250 e. The summed E-state index contributed by atoms with van der Waals surface area (Å²) in [5.41, 5.74) is 0.601. The van der Waals surface area contributed by atoms with E-state index in [2.05, 4.69) is 26.6 Å². The van der Waals surface area contributed by atoms with Crippen LogP contribution in [-0.2, 0) is 9.53 Å². The van der Waals surface area contributed by atoms with Gasteiger partial charge in [-0.3, -0.25) is 4.79 Å². The first-order valence-electron chi connectivity index (χ1n) is 6.22. The molecule has 0 atom stereocenters. The number of rotatable bonds is 4. The molecule has 0 saturated carbocycles. The zero-order valence-electron chi connectivity index (χ0n) is 10.4. The van der Waals surface area contributed by atoms with Gasteiger partial charge in [0.25, 0.3) is 0 Å². The summed E-state index contributed by atoms with van der Waals surface area (Å²) in [5.74, 6) is -0.178. The van der Waals surface area contributed by atoms with Crippen LogP contribution in [0.15, 0.2) is 22.7 Å². The normalized spacial score (nSPS) is 16.3. The fraction of sp³-hybridized carbons (Fsp3) is 0.462. The number of carbonyl (C=O) groups is 1. The van der Waals surface area contributed by atoms with Crippen LogP contribution in [0.25, 0.3) is 0 Å². The molecule has 0 unspecified atom stereocenters. The average Bonchev–Trinajstić information content (AvgIpc) is 2.41. The van der Waals surface area contributed by atoms with Crippen molar-refractivity contribution < 1.29 is 9.53 Å². The van der Waals surface area contributed by atoms with Gasteiger partial charge in [0.15, 0.2) is 0 Å². The summed E-state index contributed by atoms with van der Waals surface area (Å²) < 4.78 is 6.45. The second-order valence-electron chi connectivity index (χ2n) is 4.43. The van der Waals surface area contributed by atoms with Crippen molar-refractivity contribution in [3.8, 4) is 0 Å². The molecule has 2 rings (SSSR count). The quantitative estimate of drug-likeness (QED) is 0.880. The average molecular weight is 348 g/mol. The van der Waals surface area contributed by atoms with Crippen molar-refractivity contribution in [1.82, 2.24) is 5.32 Å². The third kappa shape index (κ3) is 4.76. The van der Waals surface area contributed by atoms with Gasteiger partial charge in [0.05, 0.1) is 16.8 Å². The van der Waals surface area contributed by atoms with Gasteiger partial charge in [-0.05, 0) is 44.1 Å². The van der Waals surface area contributed by atoms with E-state index in [0.717, 1.165) is 30.4 Å². The Hall–Kier alpha value is -0.620. The standard InChI is InChI=1S/C13H16BrClN2O2/c14-9-1-2-12(11(15)7-9)17-13(18)8-19-10-3-5-16-6-4-10/h1-2,7,10,16H,3-6,8H2,(H,17,18). The molecule has 104 valence electrons. The predicted molar refractivity (Wildman–Crippen MR) is 79.6 cm³/mol. The number of hydrogen-bond acceptors (Lipinski definition) is 3. The third-order valence-corrected chi connectivity index (χ3v) is 3.75. The largest absolute Gasteiger partial charge is 0.368 e. The summed E-state index contributed by atoms with van der Waals surface area (Å²) in [6.07, 6.45) is 2.07. The first kappa shape index (κ1) is 14.8. The van der Waals surface area contributed by atoms with E-state index in [0.29, 0.717) is 10.7 Å². The molecule has 2 N–H and O–H groups in total. The molecule has 1 saturated heterocycles. The maximum atomic E-state index is 11.8. The van der Waals surface area contributed by atoms with Crippen LogP contribution in [0.5, 0.6) is 0 Å². The minimum absolute atomic E-state index is 0.0665. The highest BCUT2D eigenvalue weighted by Crippen LogP contribution is 2.25. The van der Waals surface area contributed by atoms with Gasteiger partial charge in [-0.1, -0.05) is 27.5 Å². The molecule has 4 nitrogen and oxygen atoms in total. The topological polar surface area (TPSA) is 50.4 Å². The van der Waals surface area contributed by atoms with E-state index in [4.69, 9.17) is 16.3 Å². The summed E-state index contributed by atoms with van der Waals surface area (Å²) in [4.78, 5) is 11.8. The SMILES string of the molecule is O=C(COC1CCNCC1)Nc1ccc(Br)cc1Cl. The molecule has 0 aromatic heterocycles. The smallest absolute Gasteiger partial charge is 0.250 e. The van der Waals surface area contributed by atoms with Crippen LogP contribution >= 0.6 is 27.5 Å². The lowest BCUT2D eigenvalue weighted by molar-refractivity contribution is -0.123. The number of amides is 1. The molecule has 0 bridgehead atoms. The van der Waals surface area contributed by atoms with Crippen LogP contribution in [0.3, 0.4) is 0 Å². The fourth-order valence-corrected chi connectivity index (χ4v) is 2.65. The van der Waals surface area contributed by atoms with E-state index in [1.807, 2.05) is 6.07 Å². The summed E-state index contributed by atoms with van der Waals surface area (Å²) in [6, 6.07) is 5.33. The Labute approximate surface area is 126 Å². The van der Waals surface area contributed by atoms with Crippen molar-refractivity contribution in [3.63, 3.8) is 0 Å². The second-order valence-corrected chi connectivity index (χ2v) is 5.76. The molecule has 6 heteroatoms. The van der Waals surface area contributed by atoms with Crippen molar-refractivity contribution in [2.24, 2.45) is 0 Å². The molecule has 19 heavy (non-hydrogen) atoms. The van der Waals surface area contributed by atoms with Crippen LogP contribution < -0.4 is 10.6 Å². The molecule has 1 aromatic rings. The zero-order chi connectivity index (χ0) is 13.7. The number of ether oxygens (including phenoxy) is 1. The molecule has 1 heterocycles. The molecule has 1 aliphatic rings. The van der Waals surface area contributed by atoms with Gasteiger partial charge in [0.2, 0.25) is 5.91 Å². The first-order chi connectivity index (χ1) is 9.15. The molecule has 0 aliphatic carbocycles. The molecule has 1 fully saturated rings. The number of halogens is 2. The van der Waals surface area contributed by atoms with Crippen LogP contribution in [0, 0.1) is 0 Å². The lowest BCUT2D eigenvalue weighted by Gasteiger charge is -2.22. The molecule has 0 radical (unpaired) electrons. The van der Waals surface area contributed by atoms with Crippen molar-refractivity contribution in [1.29, 1.82) is 0 Å². The zero-order valence-corrected chi connectivity index (χ0v) is 12.8. The molecule has 1 amide bonds. The Morgan fingerprint density at radius 2 is 2.21 bits per heavy atom. The minimum Gasteiger partial charge on any atom is -0.368 e. The highest BCUT2D eigenvalue weighted by molar-refractivity contribution is 9.10. The lowest BCUT2D eigenvalue weighted by Crippen LogP contribution is -2.34. The third-order valence-electron chi connectivity index (χ3n) is 2.94. The molecule has 1 aromatic carbocycles. The second kappa shape index (κ2) is 7.24. The van der Waals surface area contributed by atoms with Gasteiger partial charge in [-0.2, -0.15) is 0 Å². The molecular weight excluding hydrogens is 332 g/mol. The Morgan fingerprint density at radius 3 is 2.89 bits per heavy atom. The van der Waals surface area contributed by atoms with E-state index in [1.54, 1.807) is 12.1 Å². The van der Waals surface area contributed by atoms with Gasteiger partial charge in [0.1, 0.15) is 6.61 Å². The first-order valence-corrected chi connectivity index (χ1v) is 7.39. The van der Waals surface area contributed by atoms with Crippen molar-refractivity contribution in [2.45, 2.75) is 18.9 Å². The highest BCUT2D eigenvalue weighted by atomic mass is 79.9. The summed E-state index contributed by atoms with van der Waals surface area (Å²) in [6.45, 7) is 1.96. The van der Waals surface area contributed by atoms with Crippen LogP contribution in [0.4, 0.5) is 5.69 Å². The van der Waals surface area contributed by atoms with Crippen LogP contribution in [0.2, 0.25) is 5.02 Å². The van der Waals surface area contributed by atoms with E-state index in [-0.39, 0.29) is 18.6 Å². The van der Waals surface area contributed by atoms with Crippen molar-refractivity contribution in [3.05, 3.63) is 27.7 Å². The fourth-order valence-electron chi connectivity index (χ4n) is 1.93. The maximum absolute atomic E-state index is 11.8. The monoisotopic (exact) mass is 346 g/mol. The Kier molecular flexibility index (Phi) is 5.63. The van der Waals surface area contributed by atoms with Gasteiger partial charge >= 0.3 is 0 Å². The number of anilines is 1. The number of hydrogen-bond donors (Lipinski definition) is 2. The van der Waals surface area contributed by atoms with Crippen LogP contribution in [-0.4, -0.2) is 31.7 Å². The summed E-state index contributed by atoms with van der Waals surface area (Å²) >= 11 is 9.35.